The maximum Gasteiger partial charge on any atom is 0.0791 e. The standard InChI is InChI=1S/C19H18ClN/c1-4-21-19(16-11-6-5-7-12-16)18(15(3)20)17-13-9-8-10-14(17)2/h4-13H,1H2,2-3H3/b18-15-,21-19?. The van der Waals surface area contributed by atoms with Gasteiger partial charge in [-0.05, 0) is 25.0 Å². The lowest BCUT2D eigenvalue weighted by molar-refractivity contribution is 1.42. The van der Waals surface area contributed by atoms with Gasteiger partial charge in [0.1, 0.15) is 0 Å². The molecule has 0 fully saturated rings. The van der Waals surface area contributed by atoms with E-state index in [1.165, 1.54) is 5.56 Å². The molecule has 0 aliphatic heterocycles. The quantitative estimate of drug-likeness (QED) is 0.651. The normalized spacial score (nSPS) is 12.8. The van der Waals surface area contributed by atoms with E-state index in [0.717, 1.165) is 22.4 Å². The van der Waals surface area contributed by atoms with Crippen LogP contribution in [0.2, 0.25) is 0 Å². The topological polar surface area (TPSA) is 12.4 Å². The van der Waals surface area contributed by atoms with Crippen molar-refractivity contribution in [1.82, 2.24) is 0 Å². The smallest absolute Gasteiger partial charge is 0.0791 e. The van der Waals surface area contributed by atoms with E-state index >= 15 is 0 Å². The summed E-state index contributed by atoms with van der Waals surface area (Å²) in [5.74, 6) is 0. The Kier molecular flexibility index (Phi) is 5.13. The minimum atomic E-state index is 0.716. The Morgan fingerprint density at radius 3 is 2.24 bits per heavy atom. The van der Waals surface area contributed by atoms with Gasteiger partial charge in [-0.25, -0.2) is 0 Å². The Hall–Kier alpha value is -2.12. The summed E-state index contributed by atoms with van der Waals surface area (Å²) in [5.41, 5.74) is 5.07. The number of rotatable bonds is 4. The first-order chi connectivity index (χ1) is 10.1. The Balaban J connectivity index is 2.67. The zero-order valence-electron chi connectivity index (χ0n) is 12.3. The summed E-state index contributed by atoms with van der Waals surface area (Å²) in [4.78, 5) is 4.47. The number of benzene rings is 2. The molecule has 2 aromatic carbocycles. The van der Waals surface area contributed by atoms with Gasteiger partial charge in [0.15, 0.2) is 0 Å². The van der Waals surface area contributed by atoms with Crippen molar-refractivity contribution in [1.29, 1.82) is 0 Å². The molecule has 0 heterocycles. The Labute approximate surface area is 131 Å². The van der Waals surface area contributed by atoms with Gasteiger partial charge in [-0.1, -0.05) is 72.8 Å². The number of hydrogen-bond donors (Lipinski definition) is 0. The molecule has 0 N–H and O–H groups in total. The summed E-state index contributed by atoms with van der Waals surface area (Å²) in [7, 11) is 0. The van der Waals surface area contributed by atoms with Crippen molar-refractivity contribution in [2.24, 2.45) is 4.99 Å². The molecule has 0 amide bonds. The molecular weight excluding hydrogens is 278 g/mol. The van der Waals surface area contributed by atoms with E-state index in [9.17, 15) is 0 Å². The summed E-state index contributed by atoms with van der Waals surface area (Å²) < 4.78 is 0. The molecule has 21 heavy (non-hydrogen) atoms. The first-order valence-electron chi connectivity index (χ1n) is 6.82. The van der Waals surface area contributed by atoms with Crippen LogP contribution in [0, 0.1) is 6.92 Å². The van der Waals surface area contributed by atoms with E-state index in [1.807, 2.05) is 49.4 Å². The van der Waals surface area contributed by atoms with Crippen LogP contribution in [0.4, 0.5) is 0 Å². The third-order valence-electron chi connectivity index (χ3n) is 3.26. The number of nitrogens with zero attached hydrogens (tertiary/aromatic N) is 1. The highest BCUT2D eigenvalue weighted by Gasteiger charge is 2.15. The second-order valence-corrected chi connectivity index (χ2v) is 5.32. The van der Waals surface area contributed by atoms with E-state index in [4.69, 9.17) is 11.6 Å². The SMILES string of the molecule is C=CN=C(/C(=C(/C)Cl)c1ccccc1C)c1ccccc1. The second kappa shape index (κ2) is 7.05. The first kappa shape index (κ1) is 15.3. The summed E-state index contributed by atoms with van der Waals surface area (Å²) >= 11 is 6.40. The van der Waals surface area contributed by atoms with Gasteiger partial charge in [0.25, 0.3) is 0 Å². The molecule has 106 valence electrons. The Morgan fingerprint density at radius 2 is 1.67 bits per heavy atom. The van der Waals surface area contributed by atoms with Crippen LogP contribution in [-0.2, 0) is 0 Å². The third kappa shape index (κ3) is 3.50. The molecule has 0 aromatic heterocycles. The molecule has 0 radical (unpaired) electrons. The van der Waals surface area contributed by atoms with Gasteiger partial charge < -0.3 is 0 Å². The molecule has 0 saturated carbocycles. The van der Waals surface area contributed by atoms with Crippen molar-refractivity contribution in [3.8, 4) is 0 Å². The van der Waals surface area contributed by atoms with Crippen LogP contribution in [0.5, 0.6) is 0 Å². The Morgan fingerprint density at radius 1 is 1.05 bits per heavy atom. The molecule has 0 spiro atoms. The largest absolute Gasteiger partial charge is 0.256 e. The molecule has 0 atom stereocenters. The highest BCUT2D eigenvalue weighted by molar-refractivity contribution is 6.43. The van der Waals surface area contributed by atoms with Gasteiger partial charge in [-0.3, -0.25) is 4.99 Å². The molecule has 0 aliphatic rings. The van der Waals surface area contributed by atoms with E-state index in [2.05, 4.69) is 30.6 Å². The van der Waals surface area contributed by atoms with Gasteiger partial charge >= 0.3 is 0 Å². The molecule has 2 rings (SSSR count). The predicted molar refractivity (Wildman–Crippen MR) is 92.8 cm³/mol. The first-order valence-corrected chi connectivity index (χ1v) is 7.20. The number of aliphatic imine (C=N–C) groups is 1. The van der Waals surface area contributed by atoms with Crippen LogP contribution in [0.15, 0.2) is 77.4 Å². The van der Waals surface area contributed by atoms with E-state index < -0.39 is 0 Å². The monoisotopic (exact) mass is 295 g/mol. The van der Waals surface area contributed by atoms with Crippen LogP contribution < -0.4 is 0 Å². The van der Waals surface area contributed by atoms with E-state index in [-0.39, 0.29) is 0 Å². The highest BCUT2D eigenvalue weighted by Crippen LogP contribution is 2.28. The molecule has 1 nitrogen and oxygen atoms in total. The van der Waals surface area contributed by atoms with Crippen molar-refractivity contribution in [3.05, 3.63) is 89.1 Å². The fraction of sp³-hybridized carbons (Fsp3) is 0.105. The minimum Gasteiger partial charge on any atom is -0.256 e. The lowest BCUT2D eigenvalue weighted by atomic mass is 9.92. The number of allylic oxidation sites excluding steroid dienone is 2. The van der Waals surface area contributed by atoms with Crippen LogP contribution in [0.3, 0.4) is 0 Å². The van der Waals surface area contributed by atoms with Gasteiger partial charge in [0.05, 0.1) is 5.71 Å². The van der Waals surface area contributed by atoms with Gasteiger partial charge in [-0.2, -0.15) is 0 Å². The average molecular weight is 296 g/mol. The lowest BCUT2D eigenvalue weighted by Gasteiger charge is -2.15. The maximum atomic E-state index is 6.40. The van der Waals surface area contributed by atoms with Crippen molar-refractivity contribution in [2.45, 2.75) is 13.8 Å². The summed E-state index contributed by atoms with van der Waals surface area (Å²) in [5, 5.41) is 0.716. The molecule has 2 heteroatoms. The van der Waals surface area contributed by atoms with Crippen molar-refractivity contribution in [2.75, 3.05) is 0 Å². The van der Waals surface area contributed by atoms with Crippen molar-refractivity contribution < 1.29 is 0 Å². The zero-order valence-corrected chi connectivity index (χ0v) is 13.1. The Bertz CT molecular complexity index is 693. The second-order valence-electron chi connectivity index (χ2n) is 4.75. The molecule has 0 aliphatic carbocycles. The molecule has 0 unspecified atom stereocenters. The van der Waals surface area contributed by atoms with Gasteiger partial charge in [-0.15, -0.1) is 0 Å². The van der Waals surface area contributed by atoms with Crippen molar-refractivity contribution in [3.63, 3.8) is 0 Å². The zero-order chi connectivity index (χ0) is 15.2. The molecular formula is C19H18ClN. The third-order valence-corrected chi connectivity index (χ3v) is 3.45. The van der Waals surface area contributed by atoms with Gasteiger partial charge in [0, 0.05) is 22.4 Å². The van der Waals surface area contributed by atoms with Crippen LogP contribution in [0.25, 0.3) is 5.57 Å². The highest BCUT2D eigenvalue weighted by atomic mass is 35.5. The van der Waals surface area contributed by atoms with Crippen LogP contribution in [-0.4, -0.2) is 5.71 Å². The van der Waals surface area contributed by atoms with Crippen molar-refractivity contribution >= 4 is 22.9 Å². The van der Waals surface area contributed by atoms with Crippen LogP contribution >= 0.6 is 11.6 Å². The number of aryl methyl sites for hydroxylation is 1. The fourth-order valence-corrected chi connectivity index (χ4v) is 2.49. The fourth-order valence-electron chi connectivity index (χ4n) is 2.30. The molecule has 0 bridgehead atoms. The summed E-state index contributed by atoms with van der Waals surface area (Å²) in [6.07, 6.45) is 1.56. The van der Waals surface area contributed by atoms with Gasteiger partial charge in [0.2, 0.25) is 0 Å². The van der Waals surface area contributed by atoms with Crippen LogP contribution in [0.1, 0.15) is 23.6 Å². The summed E-state index contributed by atoms with van der Waals surface area (Å²) in [6, 6.07) is 18.2. The number of hydrogen-bond acceptors (Lipinski definition) is 1. The minimum absolute atomic E-state index is 0.716. The number of halogens is 1. The lowest BCUT2D eigenvalue weighted by Crippen LogP contribution is -2.06. The predicted octanol–water partition coefficient (Wildman–Crippen LogP) is 5.60. The van der Waals surface area contributed by atoms with E-state index in [0.29, 0.717) is 5.03 Å². The molecule has 0 saturated heterocycles. The molecule has 2 aromatic rings. The summed E-state index contributed by atoms with van der Waals surface area (Å²) in [6.45, 7) is 7.70. The van der Waals surface area contributed by atoms with E-state index in [1.54, 1.807) is 6.20 Å². The average Bonchev–Trinajstić information content (AvgIpc) is 2.49. The maximum absolute atomic E-state index is 6.40.